The molecular weight excluding hydrogens is 247 g/mol. The van der Waals surface area contributed by atoms with E-state index in [9.17, 15) is 13.2 Å². The summed E-state index contributed by atoms with van der Waals surface area (Å²) in [6.45, 7) is 1.18. The first-order valence-corrected chi connectivity index (χ1v) is 5.54. The molecule has 0 aliphatic heterocycles. The second kappa shape index (κ2) is 6.17. The summed E-state index contributed by atoms with van der Waals surface area (Å²) in [6, 6.07) is 4.72. The lowest BCUT2D eigenvalue weighted by Crippen LogP contribution is -2.32. The Hall–Kier alpha value is -1.11. The van der Waals surface area contributed by atoms with Gasteiger partial charge in [0.2, 0.25) is 0 Å². The van der Waals surface area contributed by atoms with E-state index in [-0.39, 0.29) is 12.1 Å². The van der Waals surface area contributed by atoms with E-state index in [1.54, 1.807) is 6.92 Å². The summed E-state index contributed by atoms with van der Waals surface area (Å²) in [4.78, 5) is 0. The molecule has 1 aromatic rings. The van der Waals surface area contributed by atoms with Gasteiger partial charge in [0.15, 0.2) is 0 Å². The average molecular weight is 263 g/mol. The van der Waals surface area contributed by atoms with Gasteiger partial charge in [-0.05, 0) is 18.6 Å². The predicted octanol–water partition coefficient (Wildman–Crippen LogP) is 1.71. The summed E-state index contributed by atoms with van der Waals surface area (Å²) in [5.41, 5.74) is -0.571. The van der Waals surface area contributed by atoms with Crippen LogP contribution in [0.3, 0.4) is 0 Å². The minimum Gasteiger partial charge on any atom is -0.394 e. The van der Waals surface area contributed by atoms with Crippen molar-refractivity contribution in [2.75, 3.05) is 13.2 Å². The molecule has 0 amide bonds. The number of halogens is 3. The Kier molecular flexibility index (Phi) is 5.13. The fourth-order valence-corrected chi connectivity index (χ4v) is 1.62. The van der Waals surface area contributed by atoms with E-state index in [1.165, 1.54) is 18.2 Å². The number of nitrogens with one attached hydrogen (secondary N) is 1. The Morgan fingerprint density at radius 2 is 1.89 bits per heavy atom. The maximum Gasteiger partial charge on any atom is 0.416 e. The summed E-state index contributed by atoms with van der Waals surface area (Å²) in [5, 5.41) is 20.5. The maximum atomic E-state index is 12.8. The van der Waals surface area contributed by atoms with Gasteiger partial charge in [0.25, 0.3) is 0 Å². The van der Waals surface area contributed by atoms with Crippen LogP contribution in [0.15, 0.2) is 24.3 Å². The lowest BCUT2D eigenvalue weighted by molar-refractivity contribution is -0.138. The van der Waals surface area contributed by atoms with Crippen LogP contribution < -0.4 is 5.32 Å². The molecule has 0 saturated heterocycles. The topological polar surface area (TPSA) is 52.5 Å². The summed E-state index contributed by atoms with van der Waals surface area (Å²) >= 11 is 0. The minimum atomic E-state index is -4.40. The zero-order valence-electron chi connectivity index (χ0n) is 9.91. The predicted molar refractivity (Wildman–Crippen MR) is 61.0 cm³/mol. The van der Waals surface area contributed by atoms with Crippen molar-refractivity contribution in [3.8, 4) is 0 Å². The number of hydrogen-bond acceptors (Lipinski definition) is 3. The smallest absolute Gasteiger partial charge is 0.394 e. The van der Waals surface area contributed by atoms with Gasteiger partial charge in [-0.25, -0.2) is 0 Å². The standard InChI is InChI=1S/C12H16F3NO2/c1-8(16-6-9(18)7-17)10-4-2-3-5-11(10)12(13,14)15/h2-5,8-9,16-18H,6-7H2,1H3. The molecule has 1 rings (SSSR count). The molecule has 0 heterocycles. The number of alkyl halides is 3. The third kappa shape index (κ3) is 3.97. The van der Waals surface area contributed by atoms with Crippen LogP contribution in [0.1, 0.15) is 24.1 Å². The third-order valence-electron chi connectivity index (χ3n) is 2.60. The van der Waals surface area contributed by atoms with Crippen molar-refractivity contribution in [3.05, 3.63) is 35.4 Å². The molecule has 1 aromatic carbocycles. The fraction of sp³-hybridized carbons (Fsp3) is 0.500. The van der Waals surface area contributed by atoms with Crippen molar-refractivity contribution < 1.29 is 23.4 Å². The van der Waals surface area contributed by atoms with Crippen LogP contribution in [-0.2, 0) is 6.18 Å². The van der Waals surface area contributed by atoms with Crippen molar-refractivity contribution in [2.24, 2.45) is 0 Å². The molecule has 0 aliphatic rings. The van der Waals surface area contributed by atoms with Crippen LogP contribution >= 0.6 is 0 Å². The van der Waals surface area contributed by atoms with Gasteiger partial charge in [-0.15, -0.1) is 0 Å². The first-order valence-electron chi connectivity index (χ1n) is 5.54. The lowest BCUT2D eigenvalue weighted by atomic mass is 10.0. The number of benzene rings is 1. The maximum absolute atomic E-state index is 12.8. The zero-order chi connectivity index (χ0) is 13.8. The van der Waals surface area contributed by atoms with E-state index >= 15 is 0 Å². The molecule has 0 fully saturated rings. The first kappa shape index (κ1) is 14.9. The van der Waals surface area contributed by atoms with E-state index in [4.69, 9.17) is 10.2 Å². The van der Waals surface area contributed by atoms with Gasteiger partial charge in [-0.1, -0.05) is 18.2 Å². The summed E-state index contributed by atoms with van der Waals surface area (Å²) in [6.07, 6.45) is -5.38. The molecule has 0 spiro atoms. The Morgan fingerprint density at radius 1 is 1.28 bits per heavy atom. The number of hydrogen-bond donors (Lipinski definition) is 3. The Balaban J connectivity index is 2.82. The van der Waals surface area contributed by atoms with E-state index in [0.29, 0.717) is 0 Å². The van der Waals surface area contributed by atoms with Gasteiger partial charge >= 0.3 is 6.18 Å². The molecule has 2 atom stereocenters. The molecule has 2 unspecified atom stereocenters. The molecule has 3 N–H and O–H groups in total. The normalized spacial score (nSPS) is 15.4. The summed E-state index contributed by atoms with van der Waals surface area (Å²) in [5.74, 6) is 0. The van der Waals surface area contributed by atoms with Crippen molar-refractivity contribution in [1.82, 2.24) is 5.32 Å². The molecule has 6 heteroatoms. The minimum absolute atomic E-state index is 0.0316. The molecule has 0 aliphatic carbocycles. The Morgan fingerprint density at radius 3 is 2.44 bits per heavy atom. The Labute approximate surface area is 103 Å². The number of aliphatic hydroxyl groups excluding tert-OH is 2. The number of rotatable bonds is 5. The fourth-order valence-electron chi connectivity index (χ4n) is 1.62. The first-order chi connectivity index (χ1) is 8.36. The Bertz CT molecular complexity index is 382. The molecule has 18 heavy (non-hydrogen) atoms. The van der Waals surface area contributed by atoms with Gasteiger partial charge in [0.1, 0.15) is 0 Å². The zero-order valence-corrected chi connectivity index (χ0v) is 9.91. The van der Waals surface area contributed by atoms with Crippen molar-refractivity contribution >= 4 is 0 Å². The molecule has 0 radical (unpaired) electrons. The van der Waals surface area contributed by atoms with Crippen LogP contribution in [0.4, 0.5) is 13.2 Å². The second-order valence-electron chi connectivity index (χ2n) is 4.05. The monoisotopic (exact) mass is 263 g/mol. The largest absolute Gasteiger partial charge is 0.416 e. The van der Waals surface area contributed by atoms with Gasteiger partial charge in [0.05, 0.1) is 18.3 Å². The quantitative estimate of drug-likeness (QED) is 0.758. The van der Waals surface area contributed by atoms with Crippen LogP contribution in [0, 0.1) is 0 Å². The molecule has 0 aromatic heterocycles. The van der Waals surface area contributed by atoms with E-state index < -0.39 is 30.5 Å². The van der Waals surface area contributed by atoms with Crippen LogP contribution in [-0.4, -0.2) is 29.5 Å². The van der Waals surface area contributed by atoms with Gasteiger partial charge in [-0.2, -0.15) is 13.2 Å². The van der Waals surface area contributed by atoms with Crippen molar-refractivity contribution in [3.63, 3.8) is 0 Å². The highest BCUT2D eigenvalue weighted by Crippen LogP contribution is 2.34. The summed E-state index contributed by atoms with van der Waals surface area (Å²) < 4.78 is 38.3. The van der Waals surface area contributed by atoms with Gasteiger partial charge in [0, 0.05) is 12.6 Å². The highest BCUT2D eigenvalue weighted by molar-refractivity contribution is 5.32. The van der Waals surface area contributed by atoms with E-state index in [0.717, 1.165) is 6.07 Å². The highest BCUT2D eigenvalue weighted by Gasteiger charge is 2.34. The van der Waals surface area contributed by atoms with Crippen molar-refractivity contribution in [2.45, 2.75) is 25.2 Å². The van der Waals surface area contributed by atoms with Crippen LogP contribution in [0.25, 0.3) is 0 Å². The van der Waals surface area contributed by atoms with E-state index in [1.807, 2.05) is 0 Å². The summed E-state index contributed by atoms with van der Waals surface area (Å²) in [7, 11) is 0. The van der Waals surface area contributed by atoms with Crippen LogP contribution in [0.5, 0.6) is 0 Å². The SMILES string of the molecule is CC(NCC(O)CO)c1ccccc1C(F)(F)F. The van der Waals surface area contributed by atoms with E-state index in [2.05, 4.69) is 5.32 Å². The highest BCUT2D eigenvalue weighted by atomic mass is 19.4. The molecular formula is C12H16F3NO2. The molecule has 3 nitrogen and oxygen atoms in total. The van der Waals surface area contributed by atoms with Gasteiger partial charge < -0.3 is 15.5 Å². The van der Waals surface area contributed by atoms with Gasteiger partial charge in [-0.3, -0.25) is 0 Å². The molecule has 102 valence electrons. The average Bonchev–Trinajstić information content (AvgIpc) is 2.34. The van der Waals surface area contributed by atoms with Crippen molar-refractivity contribution in [1.29, 1.82) is 0 Å². The number of aliphatic hydroxyl groups is 2. The lowest BCUT2D eigenvalue weighted by Gasteiger charge is -2.20. The third-order valence-corrected chi connectivity index (χ3v) is 2.60. The second-order valence-corrected chi connectivity index (χ2v) is 4.05. The molecule has 0 bridgehead atoms. The molecule has 0 saturated carbocycles. The van der Waals surface area contributed by atoms with Crippen LogP contribution in [0.2, 0.25) is 0 Å².